The molecule has 0 spiro atoms. The number of methoxy groups -OCH3 is 1. The molecule has 0 aliphatic carbocycles. The van der Waals surface area contributed by atoms with Crippen molar-refractivity contribution in [1.82, 2.24) is 0 Å². The lowest BCUT2D eigenvalue weighted by Gasteiger charge is -2.14. The number of carboxylic acid groups (broad SMARTS) is 1. The summed E-state index contributed by atoms with van der Waals surface area (Å²) < 4.78 is 5.31. The topological polar surface area (TPSA) is 66.8 Å². The summed E-state index contributed by atoms with van der Waals surface area (Å²) in [6.45, 7) is 10.1. The van der Waals surface area contributed by atoms with E-state index in [1.54, 1.807) is 6.92 Å². The number of ether oxygens (including phenoxy) is 1. The molecule has 0 aromatic heterocycles. The van der Waals surface area contributed by atoms with Crippen LogP contribution in [-0.2, 0) is 6.42 Å². The maximum absolute atomic E-state index is 11.5. The molecule has 1 rings (SSSR count). The average molecular weight is 387 g/mol. The summed E-state index contributed by atoms with van der Waals surface area (Å²) in [6, 6.07) is 1.49. The van der Waals surface area contributed by atoms with Crippen molar-refractivity contribution in [3.8, 4) is 11.5 Å². The fraction of sp³-hybridized carbons (Fsp3) is 0.458. The monoisotopic (exact) mass is 386 g/mol. The predicted molar refractivity (Wildman–Crippen MR) is 115 cm³/mol. The number of carboxylic acids is 1. The quantitative estimate of drug-likeness (QED) is 0.459. The Labute approximate surface area is 169 Å². The molecule has 0 bridgehead atoms. The Morgan fingerprint density at radius 1 is 1.04 bits per heavy atom. The highest BCUT2D eigenvalue weighted by molar-refractivity contribution is 5.93. The second-order valence-electron chi connectivity index (χ2n) is 7.57. The van der Waals surface area contributed by atoms with E-state index in [4.69, 9.17) is 4.74 Å². The van der Waals surface area contributed by atoms with Crippen LogP contribution in [0, 0.1) is 6.92 Å². The number of carbonyl (C=O) groups is 1. The third-order valence-electron chi connectivity index (χ3n) is 4.75. The van der Waals surface area contributed by atoms with Crippen LogP contribution in [-0.4, -0.2) is 23.3 Å². The van der Waals surface area contributed by atoms with Crippen LogP contribution in [0.5, 0.6) is 11.5 Å². The molecule has 0 saturated heterocycles. The first-order valence-electron chi connectivity index (χ1n) is 9.74. The molecule has 4 nitrogen and oxygen atoms in total. The minimum atomic E-state index is -1.05. The second-order valence-corrected chi connectivity index (χ2v) is 7.57. The van der Waals surface area contributed by atoms with Gasteiger partial charge in [0.15, 0.2) is 0 Å². The van der Waals surface area contributed by atoms with Crippen LogP contribution in [0.15, 0.2) is 41.0 Å². The highest BCUT2D eigenvalue weighted by atomic mass is 16.5. The second kappa shape index (κ2) is 11.4. The molecule has 154 valence electrons. The summed E-state index contributed by atoms with van der Waals surface area (Å²) in [6.07, 6.45) is 11.1. The third-order valence-corrected chi connectivity index (χ3v) is 4.75. The first-order valence-corrected chi connectivity index (χ1v) is 9.74. The lowest BCUT2D eigenvalue weighted by Crippen LogP contribution is -2.06. The molecular formula is C24H34O4. The van der Waals surface area contributed by atoms with E-state index >= 15 is 0 Å². The highest BCUT2D eigenvalue weighted by Crippen LogP contribution is 2.35. The summed E-state index contributed by atoms with van der Waals surface area (Å²) in [5.41, 5.74) is 5.06. The van der Waals surface area contributed by atoms with E-state index in [1.165, 1.54) is 29.9 Å². The summed E-state index contributed by atoms with van der Waals surface area (Å²) in [4.78, 5) is 11.5. The van der Waals surface area contributed by atoms with Crippen molar-refractivity contribution in [2.75, 3.05) is 7.11 Å². The SMILES string of the molecule is COc1c(CC=C(C)CCC=C(C)CCC=C(C)C)c(O)cc(C)c1C(=O)O. The number of hydrogen-bond donors (Lipinski definition) is 2. The van der Waals surface area contributed by atoms with E-state index in [-0.39, 0.29) is 17.1 Å². The maximum atomic E-state index is 11.5. The lowest BCUT2D eigenvalue weighted by molar-refractivity contribution is 0.0692. The van der Waals surface area contributed by atoms with Gasteiger partial charge in [-0.2, -0.15) is 0 Å². The van der Waals surface area contributed by atoms with Crippen molar-refractivity contribution in [1.29, 1.82) is 0 Å². The number of benzene rings is 1. The highest BCUT2D eigenvalue weighted by Gasteiger charge is 2.21. The molecule has 0 saturated carbocycles. The van der Waals surface area contributed by atoms with Gasteiger partial charge in [-0.15, -0.1) is 0 Å². The van der Waals surface area contributed by atoms with Gasteiger partial charge in [0.2, 0.25) is 0 Å². The predicted octanol–water partition coefficient (Wildman–Crippen LogP) is 6.37. The van der Waals surface area contributed by atoms with Crippen molar-refractivity contribution in [2.24, 2.45) is 0 Å². The van der Waals surface area contributed by atoms with Gasteiger partial charge in [0.05, 0.1) is 7.11 Å². The van der Waals surface area contributed by atoms with Crippen molar-refractivity contribution in [3.05, 3.63) is 57.7 Å². The Balaban J connectivity index is 2.79. The summed E-state index contributed by atoms with van der Waals surface area (Å²) in [5, 5.41) is 19.7. The molecule has 2 N–H and O–H groups in total. The van der Waals surface area contributed by atoms with Crippen LogP contribution in [0.3, 0.4) is 0 Å². The summed E-state index contributed by atoms with van der Waals surface area (Å²) >= 11 is 0. The largest absolute Gasteiger partial charge is 0.508 e. The Morgan fingerprint density at radius 2 is 1.61 bits per heavy atom. The van der Waals surface area contributed by atoms with Crippen molar-refractivity contribution < 1.29 is 19.7 Å². The normalized spacial score (nSPS) is 12.1. The molecular weight excluding hydrogens is 352 g/mol. The van der Waals surface area contributed by atoms with Crippen LogP contribution < -0.4 is 4.74 Å². The van der Waals surface area contributed by atoms with Gasteiger partial charge in [-0.05, 0) is 78.4 Å². The Hall–Kier alpha value is -2.49. The number of phenolic OH excluding ortho intramolecular Hbond substituents is 1. The van der Waals surface area contributed by atoms with Gasteiger partial charge in [0, 0.05) is 5.56 Å². The van der Waals surface area contributed by atoms with Gasteiger partial charge >= 0.3 is 5.97 Å². The molecule has 0 radical (unpaired) electrons. The maximum Gasteiger partial charge on any atom is 0.339 e. The zero-order chi connectivity index (χ0) is 21.3. The van der Waals surface area contributed by atoms with E-state index in [0.29, 0.717) is 17.5 Å². The smallest absolute Gasteiger partial charge is 0.339 e. The van der Waals surface area contributed by atoms with Crippen molar-refractivity contribution >= 4 is 5.97 Å². The fourth-order valence-electron chi connectivity index (χ4n) is 3.11. The summed E-state index contributed by atoms with van der Waals surface area (Å²) in [5.74, 6) is -0.743. The molecule has 1 aromatic rings. The van der Waals surface area contributed by atoms with Crippen LogP contribution in [0.2, 0.25) is 0 Å². The van der Waals surface area contributed by atoms with Gasteiger partial charge in [-0.25, -0.2) is 4.79 Å². The average Bonchev–Trinajstić information content (AvgIpc) is 2.59. The number of aryl methyl sites for hydroxylation is 1. The standard InChI is InChI=1S/C24H34O4/c1-16(2)9-7-10-17(3)11-8-12-18(4)13-14-20-21(25)15-19(5)22(24(26)27)23(20)28-6/h9,11,13,15,25H,7-8,10,12,14H2,1-6H3,(H,26,27). The molecule has 28 heavy (non-hydrogen) atoms. The molecule has 0 aliphatic rings. The van der Waals surface area contributed by atoms with E-state index in [1.807, 2.05) is 6.08 Å². The molecule has 0 heterocycles. The molecule has 0 fully saturated rings. The minimum Gasteiger partial charge on any atom is -0.508 e. The molecule has 1 aromatic carbocycles. The molecule has 4 heteroatoms. The first-order chi connectivity index (χ1) is 13.2. The number of allylic oxidation sites excluding steroid dienone is 6. The van der Waals surface area contributed by atoms with Gasteiger partial charge in [0.1, 0.15) is 17.1 Å². The zero-order valence-electron chi connectivity index (χ0n) is 18.1. The molecule has 0 aliphatic heterocycles. The van der Waals surface area contributed by atoms with E-state index in [2.05, 4.69) is 39.8 Å². The van der Waals surface area contributed by atoms with Crippen LogP contribution in [0.1, 0.15) is 74.9 Å². The van der Waals surface area contributed by atoms with Crippen LogP contribution in [0.4, 0.5) is 0 Å². The molecule has 0 unspecified atom stereocenters. The molecule has 0 atom stereocenters. The Morgan fingerprint density at radius 3 is 2.14 bits per heavy atom. The Kier molecular flexibility index (Phi) is 9.57. The van der Waals surface area contributed by atoms with E-state index in [0.717, 1.165) is 25.7 Å². The number of hydrogen-bond acceptors (Lipinski definition) is 3. The number of aromatic carboxylic acids is 1. The number of rotatable bonds is 10. The first kappa shape index (κ1) is 23.5. The third kappa shape index (κ3) is 7.26. The minimum absolute atomic E-state index is 0.0680. The van der Waals surface area contributed by atoms with E-state index < -0.39 is 5.97 Å². The number of aromatic hydroxyl groups is 1. The zero-order valence-corrected chi connectivity index (χ0v) is 18.1. The fourth-order valence-corrected chi connectivity index (χ4v) is 3.11. The van der Waals surface area contributed by atoms with Gasteiger partial charge < -0.3 is 14.9 Å². The molecule has 0 amide bonds. The summed E-state index contributed by atoms with van der Waals surface area (Å²) in [7, 11) is 1.43. The van der Waals surface area contributed by atoms with Crippen LogP contribution >= 0.6 is 0 Å². The number of phenols is 1. The van der Waals surface area contributed by atoms with Gasteiger partial charge in [0.25, 0.3) is 0 Å². The van der Waals surface area contributed by atoms with Crippen LogP contribution in [0.25, 0.3) is 0 Å². The van der Waals surface area contributed by atoms with Gasteiger partial charge in [-0.1, -0.05) is 34.9 Å². The lowest BCUT2D eigenvalue weighted by atomic mass is 9.98. The van der Waals surface area contributed by atoms with Crippen molar-refractivity contribution in [3.63, 3.8) is 0 Å². The van der Waals surface area contributed by atoms with Gasteiger partial charge in [-0.3, -0.25) is 0 Å². The van der Waals surface area contributed by atoms with E-state index in [9.17, 15) is 15.0 Å². The Bertz CT molecular complexity index is 778. The van der Waals surface area contributed by atoms with Crippen molar-refractivity contribution in [2.45, 2.75) is 66.7 Å².